The highest BCUT2D eigenvalue weighted by atomic mass is 35.5. The Balaban J connectivity index is 1.66. The third-order valence-electron chi connectivity index (χ3n) is 3.70. The summed E-state index contributed by atoms with van der Waals surface area (Å²) in [4.78, 5) is 6.67. The molecule has 1 N–H and O–H groups in total. The summed E-state index contributed by atoms with van der Waals surface area (Å²) >= 11 is 6.20. The highest BCUT2D eigenvalue weighted by Crippen LogP contribution is 2.31. The fourth-order valence-electron chi connectivity index (χ4n) is 2.13. The van der Waals surface area contributed by atoms with Crippen LogP contribution in [0.4, 0.5) is 5.82 Å². The summed E-state index contributed by atoms with van der Waals surface area (Å²) in [5.41, 5.74) is 1.16. The van der Waals surface area contributed by atoms with Gasteiger partial charge in [0.2, 0.25) is 0 Å². The maximum absolute atomic E-state index is 6.20. The van der Waals surface area contributed by atoms with Gasteiger partial charge in [-0.05, 0) is 43.2 Å². The first kappa shape index (κ1) is 12.2. The molecule has 0 aliphatic heterocycles. The van der Waals surface area contributed by atoms with Gasteiger partial charge < -0.3 is 10.2 Å². The van der Waals surface area contributed by atoms with Crippen molar-refractivity contribution in [3.63, 3.8) is 0 Å². The van der Waals surface area contributed by atoms with Gasteiger partial charge in [-0.15, -0.1) is 0 Å². The lowest BCUT2D eigenvalue weighted by atomic mass is 10.2. The first-order chi connectivity index (χ1) is 8.72. The third-order valence-corrected chi connectivity index (χ3v) is 4.04. The quantitative estimate of drug-likeness (QED) is 0.857. The van der Waals surface area contributed by atoms with Crippen LogP contribution in [0.1, 0.15) is 31.2 Å². The molecule has 0 bridgehead atoms. The lowest BCUT2D eigenvalue weighted by molar-refractivity contribution is 0.686. The second-order valence-electron chi connectivity index (χ2n) is 5.61. The summed E-state index contributed by atoms with van der Waals surface area (Å²) in [5.74, 6) is 1.92. The molecule has 0 radical (unpaired) electrons. The lowest BCUT2D eigenvalue weighted by Gasteiger charge is -2.19. The van der Waals surface area contributed by atoms with E-state index < -0.39 is 0 Å². The van der Waals surface area contributed by atoms with E-state index in [9.17, 15) is 0 Å². The minimum atomic E-state index is 0.710. The summed E-state index contributed by atoms with van der Waals surface area (Å²) in [6.07, 6.45) is 7.13. The Labute approximate surface area is 114 Å². The van der Waals surface area contributed by atoms with Crippen molar-refractivity contribution in [1.82, 2.24) is 10.3 Å². The number of aromatic nitrogens is 1. The fraction of sp³-hybridized carbons (Fsp3) is 0.643. The molecule has 1 heterocycles. The molecule has 1 aromatic rings. The van der Waals surface area contributed by atoms with Crippen molar-refractivity contribution < 1.29 is 0 Å². The number of pyridine rings is 1. The van der Waals surface area contributed by atoms with Crippen LogP contribution >= 0.6 is 11.6 Å². The number of anilines is 1. The van der Waals surface area contributed by atoms with Crippen LogP contribution in [0.2, 0.25) is 5.02 Å². The van der Waals surface area contributed by atoms with Gasteiger partial charge in [0.25, 0.3) is 0 Å². The van der Waals surface area contributed by atoms with Gasteiger partial charge in [-0.25, -0.2) is 4.98 Å². The molecule has 2 saturated carbocycles. The molecule has 4 heteroatoms. The summed E-state index contributed by atoms with van der Waals surface area (Å²) in [6, 6.07) is 2.84. The SMILES string of the molecule is CN(CC1CC1)c1cc(CNC2CC2)c(Cl)cn1. The molecule has 0 saturated heterocycles. The second-order valence-corrected chi connectivity index (χ2v) is 6.02. The van der Waals surface area contributed by atoms with Crippen molar-refractivity contribution in [2.45, 2.75) is 38.3 Å². The Hall–Kier alpha value is -0.800. The fourth-order valence-corrected chi connectivity index (χ4v) is 2.31. The van der Waals surface area contributed by atoms with Crippen LogP contribution in [-0.4, -0.2) is 24.6 Å². The van der Waals surface area contributed by atoms with E-state index in [0.29, 0.717) is 6.04 Å². The molecule has 98 valence electrons. The van der Waals surface area contributed by atoms with Gasteiger partial charge in [0.1, 0.15) is 5.82 Å². The Morgan fingerprint density at radius 2 is 2.17 bits per heavy atom. The van der Waals surface area contributed by atoms with Crippen molar-refractivity contribution in [3.8, 4) is 0 Å². The highest BCUT2D eigenvalue weighted by molar-refractivity contribution is 6.31. The largest absolute Gasteiger partial charge is 0.359 e. The number of nitrogens with zero attached hydrogens (tertiary/aromatic N) is 2. The Morgan fingerprint density at radius 3 is 2.83 bits per heavy atom. The zero-order valence-electron chi connectivity index (χ0n) is 10.8. The van der Waals surface area contributed by atoms with E-state index in [1.165, 1.54) is 25.7 Å². The molecule has 0 unspecified atom stereocenters. The molecule has 3 nitrogen and oxygen atoms in total. The first-order valence-electron chi connectivity index (χ1n) is 6.81. The molecule has 0 aromatic carbocycles. The van der Waals surface area contributed by atoms with Crippen LogP contribution in [0.3, 0.4) is 0 Å². The standard InChI is InChI=1S/C14H20ClN3/c1-18(9-10-2-3-10)14-6-11(13(15)8-17-14)7-16-12-4-5-12/h6,8,10,12,16H,2-5,7,9H2,1H3. The molecular formula is C14H20ClN3. The van der Waals surface area contributed by atoms with Gasteiger partial charge in [0.15, 0.2) is 0 Å². The minimum absolute atomic E-state index is 0.710. The van der Waals surface area contributed by atoms with Crippen molar-refractivity contribution in [2.75, 3.05) is 18.5 Å². The van der Waals surface area contributed by atoms with Crippen LogP contribution < -0.4 is 10.2 Å². The maximum Gasteiger partial charge on any atom is 0.128 e. The Morgan fingerprint density at radius 1 is 1.39 bits per heavy atom. The first-order valence-corrected chi connectivity index (χ1v) is 7.19. The summed E-state index contributed by atoms with van der Waals surface area (Å²) in [6.45, 7) is 1.97. The van der Waals surface area contributed by atoms with Crippen LogP contribution in [0.15, 0.2) is 12.3 Å². The van der Waals surface area contributed by atoms with E-state index in [1.807, 2.05) is 0 Å². The van der Waals surface area contributed by atoms with Crippen molar-refractivity contribution in [2.24, 2.45) is 5.92 Å². The van der Waals surface area contributed by atoms with Gasteiger partial charge in [-0.1, -0.05) is 11.6 Å². The lowest BCUT2D eigenvalue weighted by Crippen LogP contribution is -2.22. The Kier molecular flexibility index (Phi) is 3.44. The molecule has 18 heavy (non-hydrogen) atoms. The Bertz CT molecular complexity index is 427. The van der Waals surface area contributed by atoms with Crippen LogP contribution in [0.25, 0.3) is 0 Å². The molecular weight excluding hydrogens is 246 g/mol. The third kappa shape index (κ3) is 3.15. The van der Waals surface area contributed by atoms with E-state index in [0.717, 1.165) is 35.4 Å². The van der Waals surface area contributed by atoms with Gasteiger partial charge >= 0.3 is 0 Å². The average molecular weight is 266 g/mol. The number of hydrogen-bond donors (Lipinski definition) is 1. The summed E-state index contributed by atoms with van der Waals surface area (Å²) < 4.78 is 0. The van der Waals surface area contributed by atoms with E-state index in [2.05, 4.69) is 28.3 Å². The summed E-state index contributed by atoms with van der Waals surface area (Å²) in [5, 5.41) is 4.27. The predicted molar refractivity (Wildman–Crippen MR) is 75.1 cm³/mol. The van der Waals surface area contributed by atoms with Crippen LogP contribution in [0.5, 0.6) is 0 Å². The molecule has 3 rings (SSSR count). The van der Waals surface area contributed by atoms with Crippen molar-refractivity contribution in [3.05, 3.63) is 22.8 Å². The normalized spacial score (nSPS) is 19.0. The molecule has 0 spiro atoms. The van der Waals surface area contributed by atoms with E-state index >= 15 is 0 Å². The number of nitrogens with one attached hydrogen (secondary N) is 1. The van der Waals surface area contributed by atoms with E-state index in [1.54, 1.807) is 6.20 Å². The van der Waals surface area contributed by atoms with Gasteiger partial charge in [-0.2, -0.15) is 0 Å². The van der Waals surface area contributed by atoms with Gasteiger partial charge in [-0.3, -0.25) is 0 Å². The van der Waals surface area contributed by atoms with E-state index in [4.69, 9.17) is 11.6 Å². The molecule has 1 aromatic heterocycles. The average Bonchev–Trinajstić information content (AvgIpc) is 3.22. The number of rotatable bonds is 6. The summed E-state index contributed by atoms with van der Waals surface area (Å²) in [7, 11) is 2.12. The zero-order chi connectivity index (χ0) is 12.5. The second kappa shape index (κ2) is 5.06. The van der Waals surface area contributed by atoms with Crippen molar-refractivity contribution in [1.29, 1.82) is 0 Å². The predicted octanol–water partition coefficient (Wildman–Crippen LogP) is 2.83. The maximum atomic E-state index is 6.20. The molecule has 2 aliphatic rings. The van der Waals surface area contributed by atoms with Crippen molar-refractivity contribution >= 4 is 17.4 Å². The highest BCUT2D eigenvalue weighted by Gasteiger charge is 2.24. The smallest absolute Gasteiger partial charge is 0.128 e. The monoisotopic (exact) mass is 265 g/mol. The molecule has 0 amide bonds. The molecule has 2 aliphatic carbocycles. The minimum Gasteiger partial charge on any atom is -0.359 e. The zero-order valence-corrected chi connectivity index (χ0v) is 11.6. The van der Waals surface area contributed by atoms with Crippen LogP contribution in [0, 0.1) is 5.92 Å². The topological polar surface area (TPSA) is 28.2 Å². The van der Waals surface area contributed by atoms with Gasteiger partial charge in [0.05, 0.1) is 5.02 Å². The number of halogens is 1. The molecule has 0 atom stereocenters. The van der Waals surface area contributed by atoms with E-state index in [-0.39, 0.29) is 0 Å². The van der Waals surface area contributed by atoms with Crippen LogP contribution in [-0.2, 0) is 6.54 Å². The van der Waals surface area contributed by atoms with Gasteiger partial charge in [0, 0.05) is 32.4 Å². The number of hydrogen-bond acceptors (Lipinski definition) is 3. The molecule has 2 fully saturated rings.